The van der Waals surface area contributed by atoms with Gasteiger partial charge in [0.25, 0.3) is 0 Å². The maximum atomic E-state index is 12.1. The van der Waals surface area contributed by atoms with E-state index >= 15 is 0 Å². The number of rotatable bonds is 7. The number of urea groups is 1. The minimum absolute atomic E-state index is 0.0845. The number of hydrogen-bond acceptors (Lipinski definition) is 3. The second kappa shape index (κ2) is 7.28. The van der Waals surface area contributed by atoms with Crippen LogP contribution in [-0.4, -0.2) is 52.6 Å². The lowest BCUT2D eigenvalue weighted by atomic mass is 9.74. The third kappa shape index (κ3) is 4.61. The van der Waals surface area contributed by atoms with E-state index in [4.69, 9.17) is 5.11 Å². The van der Waals surface area contributed by atoms with Crippen LogP contribution in [0.3, 0.4) is 0 Å². The van der Waals surface area contributed by atoms with Gasteiger partial charge in [0.1, 0.15) is 6.04 Å². The Bertz CT molecular complexity index is 403. The normalized spacial score (nSPS) is 17.3. The van der Waals surface area contributed by atoms with Crippen LogP contribution in [0.4, 0.5) is 4.79 Å². The molecule has 0 aromatic heterocycles. The van der Waals surface area contributed by atoms with E-state index < -0.39 is 23.6 Å². The Kier molecular flexibility index (Phi) is 5.99. The van der Waals surface area contributed by atoms with Gasteiger partial charge in [-0.15, -0.1) is 0 Å². The Hall–Kier alpha value is -1.79. The van der Waals surface area contributed by atoms with Gasteiger partial charge in [0.15, 0.2) is 0 Å². The Labute approximate surface area is 125 Å². The maximum Gasteiger partial charge on any atom is 0.315 e. The van der Waals surface area contributed by atoms with E-state index in [0.717, 1.165) is 6.42 Å². The van der Waals surface area contributed by atoms with Crippen molar-refractivity contribution in [1.29, 1.82) is 0 Å². The third-order valence-corrected chi connectivity index (χ3v) is 3.97. The standard InChI is InChI=1S/C14H25N3O4/c1-4-17(5-2)12(20)10(3)15-13(21)16-14(7-6-8-14)9-11(18)19/h10H,4-9H2,1-3H3,(H,18,19)(H2,15,16,21). The van der Waals surface area contributed by atoms with Gasteiger partial charge in [-0.2, -0.15) is 0 Å². The Morgan fingerprint density at radius 3 is 2.19 bits per heavy atom. The molecule has 1 unspecified atom stereocenters. The van der Waals surface area contributed by atoms with Crippen molar-refractivity contribution in [3.8, 4) is 0 Å². The topological polar surface area (TPSA) is 98.7 Å². The quantitative estimate of drug-likeness (QED) is 0.651. The SMILES string of the molecule is CCN(CC)C(=O)C(C)NC(=O)NC1(CC(=O)O)CCC1. The Balaban J connectivity index is 2.52. The molecular formula is C14H25N3O4. The van der Waals surface area contributed by atoms with E-state index in [0.29, 0.717) is 25.9 Å². The second-order valence-electron chi connectivity index (χ2n) is 5.54. The molecule has 7 heteroatoms. The van der Waals surface area contributed by atoms with Crippen LogP contribution < -0.4 is 10.6 Å². The van der Waals surface area contributed by atoms with Gasteiger partial charge in [-0.3, -0.25) is 9.59 Å². The highest BCUT2D eigenvalue weighted by atomic mass is 16.4. The molecule has 3 N–H and O–H groups in total. The molecule has 1 fully saturated rings. The van der Waals surface area contributed by atoms with E-state index in [9.17, 15) is 14.4 Å². The molecule has 1 aliphatic rings. The van der Waals surface area contributed by atoms with E-state index in [1.807, 2.05) is 13.8 Å². The molecule has 21 heavy (non-hydrogen) atoms. The zero-order chi connectivity index (χ0) is 16.0. The Morgan fingerprint density at radius 1 is 1.24 bits per heavy atom. The van der Waals surface area contributed by atoms with Crippen LogP contribution in [0.15, 0.2) is 0 Å². The molecule has 0 saturated heterocycles. The maximum absolute atomic E-state index is 12.1. The van der Waals surface area contributed by atoms with Crippen LogP contribution in [0.1, 0.15) is 46.5 Å². The number of likely N-dealkylation sites (N-methyl/N-ethyl adjacent to an activating group) is 1. The highest BCUT2D eigenvalue weighted by Gasteiger charge is 2.40. The van der Waals surface area contributed by atoms with Crippen molar-refractivity contribution in [3.63, 3.8) is 0 Å². The number of nitrogens with zero attached hydrogens (tertiary/aromatic N) is 1. The second-order valence-corrected chi connectivity index (χ2v) is 5.54. The van der Waals surface area contributed by atoms with Crippen LogP contribution in [0.25, 0.3) is 0 Å². The predicted octanol–water partition coefficient (Wildman–Crippen LogP) is 0.940. The first-order chi connectivity index (χ1) is 9.83. The first-order valence-corrected chi connectivity index (χ1v) is 7.43. The minimum Gasteiger partial charge on any atom is -0.481 e. The van der Waals surface area contributed by atoms with Crippen LogP contribution in [0, 0.1) is 0 Å². The molecule has 1 aliphatic carbocycles. The van der Waals surface area contributed by atoms with E-state index in [1.54, 1.807) is 11.8 Å². The summed E-state index contributed by atoms with van der Waals surface area (Å²) in [6, 6.07) is -1.11. The summed E-state index contributed by atoms with van der Waals surface area (Å²) in [4.78, 5) is 36.5. The molecule has 1 saturated carbocycles. The lowest BCUT2D eigenvalue weighted by Gasteiger charge is -2.41. The molecule has 0 radical (unpaired) electrons. The summed E-state index contributed by atoms with van der Waals surface area (Å²) >= 11 is 0. The van der Waals surface area contributed by atoms with E-state index in [2.05, 4.69) is 10.6 Å². The van der Waals surface area contributed by atoms with Crippen LogP contribution in [0.5, 0.6) is 0 Å². The van der Waals surface area contributed by atoms with Crippen molar-refractivity contribution in [2.45, 2.75) is 58.0 Å². The summed E-state index contributed by atoms with van der Waals surface area (Å²) in [6.07, 6.45) is 2.14. The zero-order valence-electron chi connectivity index (χ0n) is 12.9. The van der Waals surface area contributed by atoms with Crippen LogP contribution in [-0.2, 0) is 9.59 Å². The monoisotopic (exact) mass is 299 g/mol. The lowest BCUT2D eigenvalue weighted by Crippen LogP contribution is -2.59. The molecule has 3 amide bonds. The fourth-order valence-corrected chi connectivity index (χ4v) is 2.58. The lowest BCUT2D eigenvalue weighted by molar-refractivity contribution is -0.139. The fourth-order valence-electron chi connectivity index (χ4n) is 2.58. The zero-order valence-corrected chi connectivity index (χ0v) is 12.9. The van der Waals surface area contributed by atoms with Crippen molar-refractivity contribution in [2.75, 3.05) is 13.1 Å². The molecule has 1 rings (SSSR count). The van der Waals surface area contributed by atoms with Crippen molar-refractivity contribution in [3.05, 3.63) is 0 Å². The van der Waals surface area contributed by atoms with Gasteiger partial charge in [-0.1, -0.05) is 0 Å². The van der Waals surface area contributed by atoms with Crippen molar-refractivity contribution >= 4 is 17.9 Å². The van der Waals surface area contributed by atoms with Gasteiger partial charge in [-0.05, 0) is 40.0 Å². The summed E-state index contributed by atoms with van der Waals surface area (Å²) in [5, 5.41) is 14.2. The average molecular weight is 299 g/mol. The molecule has 120 valence electrons. The first kappa shape index (κ1) is 17.3. The smallest absolute Gasteiger partial charge is 0.315 e. The number of aliphatic carboxylic acids is 1. The minimum atomic E-state index is -0.928. The first-order valence-electron chi connectivity index (χ1n) is 7.43. The molecular weight excluding hydrogens is 274 g/mol. The summed E-state index contributed by atoms with van der Waals surface area (Å²) in [5.41, 5.74) is -0.659. The predicted molar refractivity (Wildman–Crippen MR) is 77.9 cm³/mol. The fraction of sp³-hybridized carbons (Fsp3) is 0.786. The number of amides is 3. The summed E-state index contributed by atoms with van der Waals surface area (Å²) in [6.45, 7) is 6.57. The molecule has 0 heterocycles. The van der Waals surface area contributed by atoms with Crippen molar-refractivity contribution < 1.29 is 19.5 Å². The third-order valence-electron chi connectivity index (χ3n) is 3.97. The molecule has 0 aromatic rings. The van der Waals surface area contributed by atoms with Gasteiger partial charge in [0, 0.05) is 13.1 Å². The van der Waals surface area contributed by atoms with Crippen LogP contribution in [0.2, 0.25) is 0 Å². The average Bonchev–Trinajstić information content (AvgIpc) is 2.36. The largest absolute Gasteiger partial charge is 0.481 e. The van der Waals surface area contributed by atoms with Gasteiger partial charge in [-0.25, -0.2) is 4.79 Å². The molecule has 0 spiro atoms. The number of carboxylic acids is 1. The highest BCUT2D eigenvalue weighted by molar-refractivity contribution is 5.87. The van der Waals surface area contributed by atoms with Crippen molar-refractivity contribution in [2.24, 2.45) is 0 Å². The molecule has 7 nitrogen and oxygen atoms in total. The van der Waals surface area contributed by atoms with Gasteiger partial charge >= 0.3 is 12.0 Å². The number of carbonyl (C=O) groups is 3. The molecule has 0 bridgehead atoms. The number of hydrogen-bond donors (Lipinski definition) is 3. The van der Waals surface area contributed by atoms with Gasteiger partial charge in [0.2, 0.25) is 5.91 Å². The van der Waals surface area contributed by atoms with Crippen LogP contribution >= 0.6 is 0 Å². The molecule has 1 atom stereocenters. The number of carbonyl (C=O) groups excluding carboxylic acids is 2. The van der Waals surface area contributed by atoms with E-state index in [1.165, 1.54) is 0 Å². The summed E-state index contributed by atoms with van der Waals surface area (Å²) < 4.78 is 0. The molecule has 0 aliphatic heterocycles. The van der Waals surface area contributed by atoms with E-state index in [-0.39, 0.29) is 12.3 Å². The van der Waals surface area contributed by atoms with Gasteiger partial charge < -0.3 is 20.6 Å². The van der Waals surface area contributed by atoms with Gasteiger partial charge in [0.05, 0.1) is 12.0 Å². The number of nitrogens with one attached hydrogen (secondary N) is 2. The summed E-state index contributed by atoms with van der Waals surface area (Å²) in [5.74, 6) is -1.07. The molecule has 0 aromatic carbocycles. The van der Waals surface area contributed by atoms with Crippen molar-refractivity contribution in [1.82, 2.24) is 15.5 Å². The Morgan fingerprint density at radius 2 is 1.81 bits per heavy atom. The summed E-state index contributed by atoms with van der Waals surface area (Å²) in [7, 11) is 0. The number of carboxylic acid groups (broad SMARTS) is 1. The highest BCUT2D eigenvalue weighted by Crippen LogP contribution is 2.34.